The van der Waals surface area contributed by atoms with Crippen molar-refractivity contribution < 1.29 is 65.8 Å². The van der Waals surface area contributed by atoms with E-state index in [4.69, 9.17) is 53.6 Å². The molecule has 2 aromatic carbocycles. The third kappa shape index (κ3) is 20.0. The molecule has 2 aliphatic heterocycles. The van der Waals surface area contributed by atoms with Crippen molar-refractivity contribution >= 4 is 37.8 Å². The number of ether oxygens (including phenoxy) is 6. The molecule has 0 aliphatic carbocycles. The van der Waals surface area contributed by atoms with Crippen LogP contribution in [-0.2, 0) is 58.7 Å². The number of benzene rings is 2. The van der Waals surface area contributed by atoms with E-state index in [0.717, 1.165) is 0 Å². The first-order valence-corrected chi connectivity index (χ1v) is 25.5. The number of rotatable bonds is 18. The Balaban J connectivity index is 0.000000235. The van der Waals surface area contributed by atoms with Gasteiger partial charge in [-0.2, -0.15) is 0 Å². The Bertz CT molecular complexity index is 2780. The van der Waals surface area contributed by atoms with Crippen LogP contribution >= 0.6 is 25.9 Å². The zero-order valence-corrected chi connectivity index (χ0v) is 41.6. The van der Waals surface area contributed by atoms with Gasteiger partial charge in [0.25, 0.3) is 11.1 Å². The number of aliphatic hydroxyl groups is 1. The van der Waals surface area contributed by atoms with Crippen molar-refractivity contribution in [3.05, 3.63) is 145 Å². The number of aromatic amines is 2. The quantitative estimate of drug-likeness (QED) is 0.0622. The van der Waals surface area contributed by atoms with E-state index in [1.807, 2.05) is 17.8 Å². The van der Waals surface area contributed by atoms with Gasteiger partial charge in [-0.25, -0.2) is 33.9 Å². The smallest absolute Gasteiger partial charge is 0.459 e. The summed E-state index contributed by atoms with van der Waals surface area (Å²) in [4.78, 5) is 77.0. The molecule has 0 amide bonds. The number of aryl methyl sites for hydroxylation is 3. The average Bonchev–Trinajstić information content (AvgIpc) is 4.15. The zero-order valence-electron chi connectivity index (χ0n) is 39.1. The van der Waals surface area contributed by atoms with Gasteiger partial charge in [0, 0.05) is 54.2 Å². The van der Waals surface area contributed by atoms with Gasteiger partial charge in [0.15, 0.2) is 25.0 Å². The largest absolute Gasteiger partial charge is 0.465 e. The molecule has 29 heteroatoms. The van der Waals surface area contributed by atoms with Crippen LogP contribution in [0.5, 0.6) is 11.5 Å². The van der Waals surface area contributed by atoms with Gasteiger partial charge in [-0.1, -0.05) is 36.4 Å². The second-order valence-electron chi connectivity index (χ2n) is 14.4. The molecule has 6 atom stereocenters. The van der Waals surface area contributed by atoms with Gasteiger partial charge < -0.3 is 47.1 Å². The number of halogens is 1. The molecule has 2 aliphatic rings. The van der Waals surface area contributed by atoms with Gasteiger partial charge in [0.05, 0.1) is 39.4 Å². The minimum atomic E-state index is -4.01. The molecule has 71 heavy (non-hydrogen) atoms. The number of nitrogens with one attached hydrogen (secondary N) is 4. The second-order valence-corrected chi connectivity index (χ2v) is 19.0. The summed E-state index contributed by atoms with van der Waals surface area (Å²) in [5.74, 6) is -0.546. The highest BCUT2D eigenvalue weighted by atomic mass is 35.7. The molecule has 26 nitrogen and oxygen atoms in total. The molecule has 3 aromatic heterocycles. The SMILES string of the molecule is CCOC(=O)CNP(=O)(Cl)Oc1ccccc1.CCOC(=O)CNP(=O)(OC[C@@H]1OC[C@H](n2cc(C)c(=O)[nH]c2=O)O1)Oc1ccccc1.Cc1cn([C@H]2CO[C@@H](CO)O2)c(=O)[nH]c1=O.Cn1ccnc1. The summed E-state index contributed by atoms with van der Waals surface area (Å²) in [6.45, 7) is 2.22. The Morgan fingerprint density at radius 1 is 0.775 bits per heavy atom. The first kappa shape index (κ1) is 57.6. The van der Waals surface area contributed by atoms with Gasteiger partial charge in [0.1, 0.15) is 31.2 Å². The summed E-state index contributed by atoms with van der Waals surface area (Å²) in [5, 5.41) is 13.6. The lowest BCUT2D eigenvalue weighted by atomic mass is 10.3. The van der Waals surface area contributed by atoms with Crippen LogP contribution in [0.15, 0.2) is 111 Å². The molecule has 5 heterocycles. The fraction of sp³-hybridized carbons (Fsp3) is 0.405. The van der Waals surface area contributed by atoms with E-state index < -0.39 is 80.6 Å². The summed E-state index contributed by atoms with van der Waals surface area (Å²) in [5.41, 5.74) is -1.36. The van der Waals surface area contributed by atoms with E-state index in [-0.39, 0.29) is 51.9 Å². The van der Waals surface area contributed by atoms with Crippen LogP contribution in [0.2, 0.25) is 0 Å². The third-order valence-electron chi connectivity index (χ3n) is 8.92. The number of hydrogen-bond donors (Lipinski definition) is 5. The summed E-state index contributed by atoms with van der Waals surface area (Å²) >= 11 is 5.63. The van der Waals surface area contributed by atoms with E-state index in [1.165, 1.54) is 21.5 Å². The van der Waals surface area contributed by atoms with Crippen LogP contribution in [0.3, 0.4) is 0 Å². The molecule has 0 spiro atoms. The van der Waals surface area contributed by atoms with E-state index in [0.29, 0.717) is 16.9 Å². The van der Waals surface area contributed by atoms with Crippen LogP contribution < -0.4 is 41.7 Å². The maximum absolute atomic E-state index is 13.2. The Labute approximate surface area is 409 Å². The molecule has 2 saturated heterocycles. The topological polar surface area (TPSA) is 323 Å². The first-order chi connectivity index (χ1) is 33.8. The molecule has 5 N–H and O–H groups in total. The molecule has 2 unspecified atom stereocenters. The van der Waals surface area contributed by atoms with Gasteiger partial charge in [0.2, 0.25) is 0 Å². The molecule has 0 saturated carbocycles. The molecule has 0 radical (unpaired) electrons. The number of para-hydroxylation sites is 2. The number of aromatic nitrogens is 6. The van der Waals surface area contributed by atoms with Gasteiger partial charge in [-0.15, -0.1) is 0 Å². The molecule has 0 bridgehead atoms. The van der Waals surface area contributed by atoms with Crippen LogP contribution in [0.1, 0.15) is 37.4 Å². The molecule has 5 aromatic rings. The van der Waals surface area contributed by atoms with Crippen LogP contribution in [0, 0.1) is 13.8 Å². The van der Waals surface area contributed by atoms with E-state index >= 15 is 0 Å². The zero-order chi connectivity index (χ0) is 52.0. The molecule has 7 rings (SSSR count). The average molecular weight is 1060 g/mol. The Kier molecular flexibility index (Phi) is 23.3. The van der Waals surface area contributed by atoms with Crippen molar-refractivity contribution in [3.8, 4) is 11.5 Å². The lowest BCUT2D eigenvalue weighted by molar-refractivity contribution is -0.142. The van der Waals surface area contributed by atoms with Gasteiger partial charge in [-0.05, 0) is 52.0 Å². The standard InChI is InChI=1S/C19H24N3O9P.C10H13ClNO4P.C9H12N2O5.C4H6N2/c1-3-27-16(23)9-20-32(26,31-14-7-5-4-6-8-14)29-12-17-28-11-15(30-17)22-10-13(2)18(24)21-19(22)25;1-2-15-10(13)8-12-17(11,14)16-9-6-4-3-5-7-9;1-5-2-11(9(14)10-8(5)13)6-4-15-7(3-12)16-6;1-6-3-2-5-4-6/h4-8,10,15,17H,3,9,11-12H2,1-2H3,(H,20,26)(H,21,24,25);3-7H,2,8H2,1H3,(H,12,14);2,6-7,12H,3-4H2,1H3,(H,10,13,14);2-4H,1H3/t15-,17-,32?;;6-,7-;/m1.1./s1. The monoisotopic (exact) mass is 1060 g/mol. The van der Waals surface area contributed by atoms with Crippen molar-refractivity contribution in [2.75, 3.05) is 52.7 Å². The number of esters is 2. The van der Waals surface area contributed by atoms with Crippen molar-refractivity contribution in [2.24, 2.45) is 7.05 Å². The normalized spacial score (nSPS) is 18.6. The number of imidazole rings is 1. The van der Waals surface area contributed by atoms with E-state index in [2.05, 4.69) is 29.9 Å². The van der Waals surface area contributed by atoms with Gasteiger partial charge in [-0.3, -0.25) is 42.8 Å². The predicted octanol–water partition coefficient (Wildman–Crippen LogP) is 2.77. The number of H-pyrrole nitrogens is 2. The molecule has 2 fully saturated rings. The highest BCUT2D eigenvalue weighted by molar-refractivity contribution is 7.84. The van der Waals surface area contributed by atoms with Crippen LogP contribution in [0.25, 0.3) is 0 Å². The molecular formula is C42H55ClN8O18P2. The highest BCUT2D eigenvalue weighted by Gasteiger charge is 2.34. The first-order valence-electron chi connectivity index (χ1n) is 21.4. The van der Waals surface area contributed by atoms with Crippen molar-refractivity contribution in [3.63, 3.8) is 0 Å². The third-order valence-corrected chi connectivity index (χ3v) is 12.0. The summed E-state index contributed by atoms with van der Waals surface area (Å²) in [6, 6.07) is 16.7. The maximum Gasteiger partial charge on any atom is 0.459 e. The van der Waals surface area contributed by atoms with E-state index in [1.54, 1.807) is 101 Å². The summed E-state index contributed by atoms with van der Waals surface area (Å²) in [6.07, 6.45) is 5.05. The highest BCUT2D eigenvalue weighted by Crippen LogP contribution is 2.48. The Morgan fingerprint density at radius 3 is 1.69 bits per heavy atom. The molecular weight excluding hydrogens is 1000 g/mol. The predicted molar refractivity (Wildman–Crippen MR) is 253 cm³/mol. The minimum absolute atomic E-state index is 0.000481. The minimum Gasteiger partial charge on any atom is -0.465 e. The second kappa shape index (κ2) is 28.7. The lowest BCUT2D eigenvalue weighted by Crippen LogP contribution is -2.34. The fourth-order valence-corrected chi connectivity index (χ4v) is 8.01. The molecule has 388 valence electrons. The Morgan fingerprint density at radius 2 is 1.25 bits per heavy atom. The van der Waals surface area contributed by atoms with E-state index in [9.17, 15) is 37.9 Å². The number of aliphatic hydroxyl groups excluding tert-OH is 1. The summed E-state index contributed by atoms with van der Waals surface area (Å²) < 4.78 is 76.0. The van der Waals surface area contributed by atoms with Crippen molar-refractivity contribution in [2.45, 2.75) is 52.7 Å². The summed E-state index contributed by atoms with van der Waals surface area (Å²) in [7, 11) is -2.08. The van der Waals surface area contributed by atoms with Crippen LogP contribution in [-0.4, -0.2) is 111 Å². The fourth-order valence-electron chi connectivity index (χ4n) is 5.56. The lowest BCUT2D eigenvalue weighted by Gasteiger charge is -2.21. The maximum atomic E-state index is 13.2. The number of carbonyl (C=O) groups is 2. The number of hydrogen-bond acceptors (Lipinski definition) is 19. The van der Waals surface area contributed by atoms with Gasteiger partial charge >= 0.3 is 37.9 Å². The van der Waals surface area contributed by atoms with Crippen LogP contribution in [0.4, 0.5) is 0 Å². The van der Waals surface area contributed by atoms with Crippen molar-refractivity contribution in [1.29, 1.82) is 0 Å². The number of carbonyl (C=O) groups excluding carboxylic acids is 2. The number of nitrogens with zero attached hydrogens (tertiary/aromatic N) is 4. The van der Waals surface area contributed by atoms with Crippen molar-refractivity contribution in [1.82, 2.24) is 38.8 Å². The Hall–Kier alpha value is -6.02.